The Balaban J connectivity index is 2.37. The Kier molecular flexibility index (Phi) is 3.74. The molecular formula is C13H12Br2N2. The van der Waals surface area contributed by atoms with E-state index >= 15 is 0 Å². The molecule has 0 aliphatic rings. The summed E-state index contributed by atoms with van der Waals surface area (Å²) in [6.07, 6.45) is 0. The van der Waals surface area contributed by atoms with Crippen LogP contribution in [0.1, 0.15) is 5.56 Å². The third-order valence-corrected chi connectivity index (χ3v) is 3.85. The maximum Gasteiger partial charge on any atom is 0.0533 e. The third-order valence-electron chi connectivity index (χ3n) is 2.50. The van der Waals surface area contributed by atoms with Crippen LogP contribution in [0.15, 0.2) is 45.3 Å². The molecule has 0 aliphatic carbocycles. The quantitative estimate of drug-likeness (QED) is 0.756. The molecular weight excluding hydrogens is 344 g/mol. The Labute approximate surface area is 117 Å². The summed E-state index contributed by atoms with van der Waals surface area (Å²) in [5, 5.41) is 3.36. The van der Waals surface area contributed by atoms with E-state index in [0.717, 1.165) is 31.6 Å². The summed E-state index contributed by atoms with van der Waals surface area (Å²) in [7, 11) is 0. The first kappa shape index (κ1) is 12.5. The summed E-state index contributed by atoms with van der Waals surface area (Å²) in [5.74, 6) is 0. The maximum atomic E-state index is 5.85. The molecule has 0 amide bonds. The first-order valence-electron chi connectivity index (χ1n) is 5.15. The molecule has 0 heterocycles. The molecule has 2 aromatic carbocycles. The molecule has 17 heavy (non-hydrogen) atoms. The number of nitrogens with one attached hydrogen (secondary N) is 1. The molecule has 2 nitrogen and oxygen atoms in total. The van der Waals surface area contributed by atoms with Crippen LogP contribution in [0.3, 0.4) is 0 Å². The van der Waals surface area contributed by atoms with Gasteiger partial charge in [0.15, 0.2) is 0 Å². The second-order valence-electron chi connectivity index (χ2n) is 3.79. The molecule has 0 spiro atoms. The van der Waals surface area contributed by atoms with E-state index in [9.17, 15) is 0 Å². The number of aryl methyl sites for hydroxylation is 1. The molecule has 2 rings (SSSR count). The van der Waals surface area contributed by atoms with Crippen LogP contribution in [0.4, 0.5) is 17.1 Å². The number of halogens is 2. The Morgan fingerprint density at radius 1 is 1.00 bits per heavy atom. The average molecular weight is 356 g/mol. The van der Waals surface area contributed by atoms with Crippen LogP contribution in [0.25, 0.3) is 0 Å². The summed E-state index contributed by atoms with van der Waals surface area (Å²) in [6.45, 7) is 1.99. The van der Waals surface area contributed by atoms with Gasteiger partial charge in [0.1, 0.15) is 0 Å². The molecule has 0 radical (unpaired) electrons. The number of nitrogens with two attached hydrogens (primary N) is 1. The largest absolute Gasteiger partial charge is 0.398 e. The highest BCUT2D eigenvalue weighted by Crippen LogP contribution is 2.32. The van der Waals surface area contributed by atoms with E-state index in [1.165, 1.54) is 0 Å². The van der Waals surface area contributed by atoms with Crippen molar-refractivity contribution in [2.24, 2.45) is 0 Å². The number of hydrogen-bond donors (Lipinski definition) is 2. The fourth-order valence-electron chi connectivity index (χ4n) is 1.50. The van der Waals surface area contributed by atoms with Gasteiger partial charge in [0.05, 0.1) is 11.4 Å². The van der Waals surface area contributed by atoms with Gasteiger partial charge < -0.3 is 11.1 Å². The van der Waals surface area contributed by atoms with Crippen molar-refractivity contribution in [3.63, 3.8) is 0 Å². The smallest absolute Gasteiger partial charge is 0.0533 e. The minimum absolute atomic E-state index is 0.787. The van der Waals surface area contributed by atoms with Gasteiger partial charge in [0, 0.05) is 14.6 Å². The molecule has 0 aromatic heterocycles. The molecule has 0 unspecified atom stereocenters. The maximum absolute atomic E-state index is 5.85. The summed E-state index contributed by atoms with van der Waals surface area (Å²) in [6, 6.07) is 11.9. The highest BCUT2D eigenvalue weighted by atomic mass is 79.9. The van der Waals surface area contributed by atoms with Crippen LogP contribution in [-0.4, -0.2) is 0 Å². The topological polar surface area (TPSA) is 38.0 Å². The van der Waals surface area contributed by atoms with Crippen molar-refractivity contribution in [3.05, 3.63) is 50.9 Å². The lowest BCUT2D eigenvalue weighted by atomic mass is 10.2. The molecule has 0 bridgehead atoms. The fourth-order valence-corrected chi connectivity index (χ4v) is 2.34. The highest BCUT2D eigenvalue weighted by molar-refractivity contribution is 9.11. The molecule has 0 fully saturated rings. The van der Waals surface area contributed by atoms with Gasteiger partial charge in [-0.3, -0.25) is 0 Å². The minimum Gasteiger partial charge on any atom is -0.398 e. The Morgan fingerprint density at radius 3 is 2.41 bits per heavy atom. The SMILES string of the molecule is Cc1cc(Nc2ccccc2Br)c(Br)cc1N. The number of nitrogen functional groups attached to an aromatic ring is 1. The summed E-state index contributed by atoms with van der Waals surface area (Å²) >= 11 is 7.01. The molecule has 0 aliphatic heterocycles. The molecule has 88 valence electrons. The monoisotopic (exact) mass is 354 g/mol. The van der Waals surface area contributed by atoms with Crippen molar-refractivity contribution >= 4 is 48.9 Å². The van der Waals surface area contributed by atoms with E-state index in [2.05, 4.69) is 37.2 Å². The predicted octanol–water partition coefficient (Wildman–Crippen LogP) is 4.85. The zero-order valence-corrected chi connectivity index (χ0v) is 12.5. The van der Waals surface area contributed by atoms with Gasteiger partial charge in [-0.05, 0) is 68.6 Å². The Hall–Kier alpha value is -1.00. The van der Waals surface area contributed by atoms with Crippen LogP contribution in [0.5, 0.6) is 0 Å². The predicted molar refractivity (Wildman–Crippen MR) is 80.7 cm³/mol. The van der Waals surface area contributed by atoms with E-state index in [0.29, 0.717) is 0 Å². The standard InChI is InChI=1S/C13H12Br2N2/c1-8-6-13(10(15)7-11(8)16)17-12-5-3-2-4-9(12)14/h2-7,17H,16H2,1H3. The summed E-state index contributed by atoms with van der Waals surface area (Å²) < 4.78 is 1.98. The highest BCUT2D eigenvalue weighted by Gasteiger charge is 2.05. The summed E-state index contributed by atoms with van der Waals surface area (Å²) in [4.78, 5) is 0. The van der Waals surface area contributed by atoms with E-state index < -0.39 is 0 Å². The first-order chi connectivity index (χ1) is 8.08. The van der Waals surface area contributed by atoms with Gasteiger partial charge in [-0.2, -0.15) is 0 Å². The molecule has 0 saturated heterocycles. The van der Waals surface area contributed by atoms with Crippen LogP contribution < -0.4 is 11.1 Å². The van der Waals surface area contributed by atoms with Gasteiger partial charge in [0.2, 0.25) is 0 Å². The zero-order chi connectivity index (χ0) is 12.4. The van der Waals surface area contributed by atoms with E-state index in [1.807, 2.05) is 43.3 Å². The van der Waals surface area contributed by atoms with Gasteiger partial charge in [-0.15, -0.1) is 0 Å². The Morgan fingerprint density at radius 2 is 1.71 bits per heavy atom. The number of anilines is 3. The molecule has 3 N–H and O–H groups in total. The third kappa shape index (κ3) is 2.82. The molecule has 0 saturated carbocycles. The zero-order valence-electron chi connectivity index (χ0n) is 9.30. The van der Waals surface area contributed by atoms with Crippen LogP contribution in [0.2, 0.25) is 0 Å². The van der Waals surface area contributed by atoms with Gasteiger partial charge >= 0.3 is 0 Å². The number of benzene rings is 2. The van der Waals surface area contributed by atoms with E-state index in [4.69, 9.17) is 5.73 Å². The normalized spacial score (nSPS) is 10.3. The van der Waals surface area contributed by atoms with Crippen molar-refractivity contribution < 1.29 is 0 Å². The number of para-hydroxylation sites is 1. The van der Waals surface area contributed by atoms with Crippen molar-refractivity contribution in [2.75, 3.05) is 11.1 Å². The lowest BCUT2D eigenvalue weighted by molar-refractivity contribution is 1.43. The molecule has 4 heteroatoms. The number of hydrogen-bond acceptors (Lipinski definition) is 2. The van der Waals surface area contributed by atoms with Gasteiger partial charge in [-0.25, -0.2) is 0 Å². The number of rotatable bonds is 2. The minimum atomic E-state index is 0.787. The van der Waals surface area contributed by atoms with Crippen molar-refractivity contribution in [1.82, 2.24) is 0 Å². The van der Waals surface area contributed by atoms with Crippen molar-refractivity contribution in [3.8, 4) is 0 Å². The van der Waals surface area contributed by atoms with Crippen molar-refractivity contribution in [2.45, 2.75) is 6.92 Å². The van der Waals surface area contributed by atoms with Gasteiger partial charge in [0.25, 0.3) is 0 Å². The fraction of sp³-hybridized carbons (Fsp3) is 0.0769. The molecule has 0 atom stereocenters. The lowest BCUT2D eigenvalue weighted by Crippen LogP contribution is -1.96. The summed E-state index contributed by atoms with van der Waals surface area (Å²) in [5.41, 5.74) is 9.72. The van der Waals surface area contributed by atoms with Gasteiger partial charge in [-0.1, -0.05) is 12.1 Å². The lowest BCUT2D eigenvalue weighted by Gasteiger charge is -2.12. The van der Waals surface area contributed by atoms with Crippen LogP contribution in [-0.2, 0) is 0 Å². The molecule has 2 aromatic rings. The first-order valence-corrected chi connectivity index (χ1v) is 6.73. The average Bonchev–Trinajstić information content (AvgIpc) is 2.29. The van der Waals surface area contributed by atoms with E-state index in [-0.39, 0.29) is 0 Å². The second kappa shape index (κ2) is 5.10. The van der Waals surface area contributed by atoms with Crippen LogP contribution in [0, 0.1) is 6.92 Å². The van der Waals surface area contributed by atoms with Crippen LogP contribution >= 0.6 is 31.9 Å². The van der Waals surface area contributed by atoms with Crippen molar-refractivity contribution in [1.29, 1.82) is 0 Å². The second-order valence-corrected chi connectivity index (χ2v) is 5.50. The Bertz CT molecular complexity index is 553. The van der Waals surface area contributed by atoms with E-state index in [1.54, 1.807) is 0 Å².